The van der Waals surface area contributed by atoms with Crippen LogP contribution in [0.1, 0.15) is 28.5 Å². The molecule has 8 nitrogen and oxygen atoms in total. The number of rotatable bonds is 10. The van der Waals surface area contributed by atoms with E-state index in [4.69, 9.17) is 30.5 Å². The summed E-state index contributed by atoms with van der Waals surface area (Å²) >= 11 is 6.30. The summed E-state index contributed by atoms with van der Waals surface area (Å²) in [5.74, 6) is 0.536. The topological polar surface area (TPSA) is 84.7 Å². The van der Waals surface area contributed by atoms with Crippen molar-refractivity contribution in [3.8, 4) is 23.1 Å². The van der Waals surface area contributed by atoms with Gasteiger partial charge < -0.3 is 18.9 Å². The minimum atomic E-state index is -0.657. The summed E-state index contributed by atoms with van der Waals surface area (Å²) in [5, 5.41) is 8.44. The summed E-state index contributed by atoms with van der Waals surface area (Å²) in [5.41, 5.74) is 1.60. The molecule has 0 bridgehead atoms. The van der Waals surface area contributed by atoms with E-state index in [-0.39, 0.29) is 37.1 Å². The van der Waals surface area contributed by atoms with Gasteiger partial charge in [0.1, 0.15) is 29.7 Å². The van der Waals surface area contributed by atoms with E-state index in [1.54, 1.807) is 44.4 Å². The lowest BCUT2D eigenvalue weighted by molar-refractivity contribution is 0.0516. The van der Waals surface area contributed by atoms with Crippen LogP contribution in [0.5, 0.6) is 23.1 Å². The largest absolute Gasteiger partial charge is 0.497 e. The molecule has 4 rings (SSSR count). The van der Waals surface area contributed by atoms with Gasteiger partial charge in [-0.05, 0) is 54.4 Å². The number of ether oxygens (including phenoxy) is 4. The first-order valence-electron chi connectivity index (χ1n) is 11.0. The Kier molecular flexibility index (Phi) is 8.02. The van der Waals surface area contributed by atoms with Crippen LogP contribution in [0.2, 0.25) is 5.02 Å². The van der Waals surface area contributed by atoms with Crippen LogP contribution < -0.4 is 14.2 Å². The van der Waals surface area contributed by atoms with E-state index in [0.29, 0.717) is 16.5 Å². The zero-order chi connectivity index (χ0) is 25.5. The third-order valence-electron chi connectivity index (χ3n) is 5.07. The van der Waals surface area contributed by atoms with Gasteiger partial charge in [-0.3, -0.25) is 0 Å². The molecule has 4 aromatic rings. The molecule has 0 amide bonds. The van der Waals surface area contributed by atoms with Crippen LogP contribution in [0.15, 0.2) is 66.7 Å². The van der Waals surface area contributed by atoms with Crippen molar-refractivity contribution in [3.05, 3.63) is 94.4 Å². The highest BCUT2D eigenvalue weighted by molar-refractivity contribution is 6.32. The number of carbonyl (C=O) groups excluding carboxylic acids is 1. The first-order chi connectivity index (χ1) is 17.5. The van der Waals surface area contributed by atoms with Gasteiger partial charge in [0.25, 0.3) is 5.88 Å². The second-order valence-electron chi connectivity index (χ2n) is 7.58. The van der Waals surface area contributed by atoms with Crippen molar-refractivity contribution in [2.75, 3.05) is 13.7 Å². The number of nitrogens with zero attached hydrogens (tertiary/aromatic N) is 3. The van der Waals surface area contributed by atoms with Gasteiger partial charge in [-0.15, -0.1) is 5.10 Å². The summed E-state index contributed by atoms with van der Waals surface area (Å²) in [6.07, 6.45) is 0. The average molecular weight is 512 g/mol. The molecule has 0 atom stereocenters. The van der Waals surface area contributed by atoms with Crippen LogP contribution in [-0.4, -0.2) is 34.7 Å². The van der Waals surface area contributed by atoms with Crippen molar-refractivity contribution in [2.45, 2.75) is 20.1 Å². The molecule has 1 aromatic heterocycles. The maximum atomic E-state index is 13.2. The first kappa shape index (κ1) is 25.0. The second-order valence-corrected chi connectivity index (χ2v) is 7.99. The Labute approximate surface area is 212 Å². The van der Waals surface area contributed by atoms with E-state index in [0.717, 1.165) is 16.9 Å². The minimum absolute atomic E-state index is 0.0610. The van der Waals surface area contributed by atoms with Crippen LogP contribution >= 0.6 is 11.6 Å². The molecule has 10 heteroatoms. The molecule has 0 aliphatic heterocycles. The molecule has 1 heterocycles. The zero-order valence-electron chi connectivity index (χ0n) is 19.6. The number of esters is 1. The maximum Gasteiger partial charge on any atom is 0.364 e. The Morgan fingerprint density at radius 1 is 1.00 bits per heavy atom. The molecule has 0 aliphatic rings. The molecule has 0 saturated carbocycles. The first-order valence-corrected chi connectivity index (χ1v) is 11.4. The highest BCUT2D eigenvalue weighted by Crippen LogP contribution is 2.33. The van der Waals surface area contributed by atoms with Gasteiger partial charge in [0.15, 0.2) is 0 Å². The molecule has 0 fully saturated rings. The summed E-state index contributed by atoms with van der Waals surface area (Å²) in [6.45, 7) is 2.33. The summed E-state index contributed by atoms with van der Waals surface area (Å²) in [4.78, 5) is 12.5. The fraction of sp³-hybridized carbons (Fsp3) is 0.192. The lowest BCUT2D eigenvalue weighted by atomic mass is 10.2. The lowest BCUT2D eigenvalue weighted by Gasteiger charge is -2.13. The third kappa shape index (κ3) is 6.11. The van der Waals surface area contributed by atoms with E-state index in [9.17, 15) is 9.18 Å². The molecular formula is C26H23ClFN3O5. The third-order valence-corrected chi connectivity index (χ3v) is 5.39. The molecule has 0 radical (unpaired) electrons. The van der Waals surface area contributed by atoms with E-state index >= 15 is 0 Å². The Hall–Kier alpha value is -4.11. The van der Waals surface area contributed by atoms with Crippen LogP contribution in [0, 0.1) is 5.82 Å². The number of hydrogen-bond acceptors (Lipinski definition) is 7. The van der Waals surface area contributed by atoms with Gasteiger partial charge in [-0.2, -0.15) is 0 Å². The molecule has 0 aliphatic carbocycles. The minimum Gasteiger partial charge on any atom is -0.497 e. The molecular weight excluding hydrogens is 489 g/mol. The quantitative estimate of drug-likeness (QED) is 0.253. The molecule has 186 valence electrons. The van der Waals surface area contributed by atoms with Crippen LogP contribution in [0.25, 0.3) is 0 Å². The summed E-state index contributed by atoms with van der Waals surface area (Å²) in [7, 11) is 1.59. The number of benzene rings is 3. The number of aromatic nitrogens is 3. The predicted octanol–water partition coefficient (Wildman–Crippen LogP) is 5.68. The van der Waals surface area contributed by atoms with Crippen molar-refractivity contribution in [1.29, 1.82) is 0 Å². The van der Waals surface area contributed by atoms with Gasteiger partial charge >= 0.3 is 5.97 Å². The van der Waals surface area contributed by atoms with Gasteiger partial charge in [0, 0.05) is 6.07 Å². The second kappa shape index (κ2) is 11.5. The Balaban J connectivity index is 1.58. The number of halogens is 2. The van der Waals surface area contributed by atoms with Crippen molar-refractivity contribution in [2.24, 2.45) is 0 Å². The molecule has 0 spiro atoms. The Morgan fingerprint density at radius 3 is 2.39 bits per heavy atom. The number of methoxy groups -OCH3 is 1. The van der Waals surface area contributed by atoms with Crippen LogP contribution in [-0.2, 0) is 17.9 Å². The Morgan fingerprint density at radius 2 is 1.69 bits per heavy atom. The number of hydrogen-bond donors (Lipinski definition) is 0. The van der Waals surface area contributed by atoms with E-state index in [1.807, 2.05) is 24.3 Å². The van der Waals surface area contributed by atoms with Crippen LogP contribution in [0.4, 0.5) is 4.39 Å². The normalized spacial score (nSPS) is 10.7. The standard InChI is InChI=1S/C26H23ClFN3O5/c1-3-34-26(32)24-25(31(30-29-24)15-17-6-10-20(33-2)11-7-17)36-21-12-13-22(27)23(14-21)35-16-18-4-8-19(28)9-5-18/h4-14H,3,15-16H2,1-2H3. The average Bonchev–Trinajstić information content (AvgIpc) is 3.27. The summed E-state index contributed by atoms with van der Waals surface area (Å²) < 4.78 is 36.8. The molecule has 36 heavy (non-hydrogen) atoms. The van der Waals surface area contributed by atoms with Gasteiger partial charge in [0.2, 0.25) is 5.69 Å². The monoisotopic (exact) mass is 511 g/mol. The molecule has 0 N–H and O–H groups in total. The van der Waals surface area contributed by atoms with Gasteiger partial charge in [-0.1, -0.05) is 41.1 Å². The highest BCUT2D eigenvalue weighted by atomic mass is 35.5. The van der Waals surface area contributed by atoms with Gasteiger partial charge in [0.05, 0.1) is 25.3 Å². The summed E-state index contributed by atoms with van der Waals surface area (Å²) in [6, 6.07) is 18.2. The van der Waals surface area contributed by atoms with Crippen molar-refractivity contribution in [3.63, 3.8) is 0 Å². The number of carbonyl (C=O) groups is 1. The van der Waals surface area contributed by atoms with E-state index in [2.05, 4.69) is 10.3 Å². The predicted molar refractivity (Wildman–Crippen MR) is 130 cm³/mol. The smallest absolute Gasteiger partial charge is 0.364 e. The molecule has 3 aromatic carbocycles. The molecule has 0 saturated heterocycles. The van der Waals surface area contributed by atoms with E-state index < -0.39 is 5.97 Å². The van der Waals surface area contributed by atoms with Crippen molar-refractivity contribution in [1.82, 2.24) is 15.0 Å². The molecule has 0 unspecified atom stereocenters. The van der Waals surface area contributed by atoms with Crippen molar-refractivity contribution >= 4 is 17.6 Å². The highest BCUT2D eigenvalue weighted by Gasteiger charge is 2.24. The van der Waals surface area contributed by atoms with Crippen molar-refractivity contribution < 1.29 is 28.1 Å². The fourth-order valence-corrected chi connectivity index (χ4v) is 3.42. The zero-order valence-corrected chi connectivity index (χ0v) is 20.4. The fourth-order valence-electron chi connectivity index (χ4n) is 3.25. The lowest BCUT2D eigenvalue weighted by Crippen LogP contribution is -2.09. The van der Waals surface area contributed by atoms with Crippen LogP contribution in [0.3, 0.4) is 0 Å². The van der Waals surface area contributed by atoms with Gasteiger partial charge in [-0.25, -0.2) is 13.9 Å². The maximum absolute atomic E-state index is 13.2. The Bertz CT molecular complexity index is 1330. The van der Waals surface area contributed by atoms with E-state index in [1.165, 1.54) is 16.8 Å². The SMILES string of the molecule is CCOC(=O)c1nnn(Cc2ccc(OC)cc2)c1Oc1ccc(Cl)c(OCc2ccc(F)cc2)c1.